The minimum atomic E-state index is -1.03. The molecule has 0 unspecified atom stereocenters. The van der Waals surface area contributed by atoms with Crippen molar-refractivity contribution in [3.63, 3.8) is 0 Å². The topological polar surface area (TPSA) is 99.8 Å². The molecule has 1 aromatic rings. The van der Waals surface area contributed by atoms with Gasteiger partial charge in [0.25, 0.3) is 5.91 Å². The van der Waals surface area contributed by atoms with Crippen LogP contribution < -0.4 is 14.6 Å². The highest BCUT2D eigenvalue weighted by atomic mass is 16.6. The molecule has 144 valence electrons. The number of carboxylic acids is 1. The summed E-state index contributed by atoms with van der Waals surface area (Å²) in [6.45, 7) is 6.03. The van der Waals surface area contributed by atoms with Crippen molar-refractivity contribution in [2.45, 2.75) is 40.2 Å². The number of carbonyl (C=O) groups is 3. The Labute approximate surface area is 153 Å². The molecule has 0 aliphatic rings. The average molecular weight is 366 g/mol. The van der Waals surface area contributed by atoms with Crippen LogP contribution in [0.5, 0.6) is 5.75 Å². The maximum absolute atomic E-state index is 12.5. The molecule has 26 heavy (non-hydrogen) atoms. The van der Waals surface area contributed by atoms with Gasteiger partial charge in [-0.05, 0) is 18.8 Å². The zero-order valence-corrected chi connectivity index (χ0v) is 16.0. The van der Waals surface area contributed by atoms with Crippen LogP contribution in [0.1, 0.15) is 42.7 Å². The van der Waals surface area contributed by atoms with E-state index in [9.17, 15) is 14.4 Å². The fourth-order valence-corrected chi connectivity index (χ4v) is 2.40. The quantitative estimate of drug-likeness (QED) is 0.538. The van der Waals surface area contributed by atoms with E-state index in [1.54, 1.807) is 21.0 Å². The van der Waals surface area contributed by atoms with Crippen molar-refractivity contribution < 1.29 is 28.8 Å². The number of aromatic nitrogens is 1. The molecule has 0 saturated heterocycles. The largest absolute Gasteiger partial charge is 0.477 e. The number of ether oxygens (including phenoxy) is 1. The summed E-state index contributed by atoms with van der Waals surface area (Å²) in [5.74, 6) is -0.745. The number of rotatable bonds is 8. The van der Waals surface area contributed by atoms with E-state index in [1.165, 1.54) is 21.7 Å². The van der Waals surface area contributed by atoms with Gasteiger partial charge in [0, 0.05) is 33.6 Å². The van der Waals surface area contributed by atoms with E-state index in [-0.39, 0.29) is 23.8 Å². The van der Waals surface area contributed by atoms with Crippen LogP contribution in [0.15, 0.2) is 12.3 Å². The summed E-state index contributed by atoms with van der Waals surface area (Å²) in [7, 11) is 3.15. The number of hydrogen-bond donors (Lipinski definition) is 2. The van der Waals surface area contributed by atoms with Gasteiger partial charge in [0.1, 0.15) is 5.56 Å². The highest BCUT2D eigenvalue weighted by molar-refractivity contribution is 5.98. The first-order chi connectivity index (χ1) is 12.1. The van der Waals surface area contributed by atoms with Crippen molar-refractivity contribution in [3.8, 4) is 5.75 Å². The number of carboxylic acid groups (broad SMARTS) is 1. The lowest BCUT2D eigenvalue weighted by Crippen LogP contribution is -2.43. The monoisotopic (exact) mass is 366 g/mol. The molecule has 2 N–H and O–H groups in total. The van der Waals surface area contributed by atoms with Crippen LogP contribution in [-0.4, -0.2) is 48.6 Å². The number of nitrogens with one attached hydrogen (secondary N) is 1. The molecule has 8 nitrogen and oxygen atoms in total. The molecule has 0 aliphatic heterocycles. The molecule has 1 aromatic heterocycles. The van der Waals surface area contributed by atoms with Crippen LogP contribution in [0.3, 0.4) is 0 Å². The van der Waals surface area contributed by atoms with E-state index in [1.807, 2.05) is 0 Å². The summed E-state index contributed by atoms with van der Waals surface area (Å²) in [4.78, 5) is 36.8. The third-order valence-corrected chi connectivity index (χ3v) is 3.80. The lowest BCUT2D eigenvalue weighted by Gasteiger charge is -2.15. The Bertz CT molecular complexity index is 671. The second-order valence-corrected chi connectivity index (χ2v) is 6.71. The SMILES string of the molecule is Cc1c(C(=O)N(C)C)c(OC(=O)NCCCC(C)C)cc[n+]1CC(=O)O. The van der Waals surface area contributed by atoms with Crippen molar-refractivity contribution in [3.05, 3.63) is 23.5 Å². The minimum absolute atomic E-state index is 0.101. The number of aliphatic carboxylic acids is 1. The Morgan fingerprint density at radius 1 is 1.31 bits per heavy atom. The zero-order chi connectivity index (χ0) is 19.9. The maximum Gasteiger partial charge on any atom is 0.412 e. The molecule has 2 amide bonds. The van der Waals surface area contributed by atoms with Gasteiger partial charge in [-0.3, -0.25) is 4.79 Å². The molecule has 8 heteroatoms. The van der Waals surface area contributed by atoms with Crippen LogP contribution in [-0.2, 0) is 11.3 Å². The molecule has 1 heterocycles. The Kier molecular flexibility index (Phi) is 8.02. The molecule has 0 spiro atoms. The lowest BCUT2D eigenvalue weighted by atomic mass is 10.1. The van der Waals surface area contributed by atoms with Crippen LogP contribution in [0.2, 0.25) is 0 Å². The molecule has 0 aliphatic carbocycles. The van der Waals surface area contributed by atoms with Gasteiger partial charge in [-0.25, -0.2) is 9.59 Å². The summed E-state index contributed by atoms with van der Waals surface area (Å²) in [5, 5.41) is 11.7. The fraction of sp³-hybridized carbons (Fsp3) is 0.556. The summed E-state index contributed by atoms with van der Waals surface area (Å²) in [6.07, 6.45) is 2.67. The number of hydrogen-bond acceptors (Lipinski definition) is 4. The molecular weight excluding hydrogens is 338 g/mol. The molecule has 0 saturated carbocycles. The van der Waals surface area contributed by atoms with Crippen molar-refractivity contribution in [2.75, 3.05) is 20.6 Å². The molecule has 0 bridgehead atoms. The van der Waals surface area contributed by atoms with E-state index in [2.05, 4.69) is 19.2 Å². The first-order valence-corrected chi connectivity index (χ1v) is 8.55. The predicted octanol–water partition coefficient (Wildman–Crippen LogP) is 1.59. The predicted molar refractivity (Wildman–Crippen MR) is 95.1 cm³/mol. The van der Waals surface area contributed by atoms with Gasteiger partial charge >= 0.3 is 12.1 Å². The molecule has 1 rings (SSSR count). The van der Waals surface area contributed by atoms with E-state index in [4.69, 9.17) is 9.84 Å². The maximum atomic E-state index is 12.5. The highest BCUT2D eigenvalue weighted by Gasteiger charge is 2.27. The van der Waals surface area contributed by atoms with Crippen molar-refractivity contribution in [1.82, 2.24) is 10.2 Å². The van der Waals surface area contributed by atoms with E-state index in [0.717, 1.165) is 12.8 Å². The Balaban J connectivity index is 2.99. The standard InChI is InChI=1S/C18H27N3O5/c1-12(2)7-6-9-19-18(25)26-14-8-10-21(11-15(22)23)13(3)16(14)17(24)20(4)5/h8,10,12H,6-7,9,11H2,1-5H3,(H-,19,22,23,25)/p+1. The lowest BCUT2D eigenvalue weighted by molar-refractivity contribution is -0.691. The van der Waals surface area contributed by atoms with Crippen LogP contribution in [0.4, 0.5) is 4.79 Å². The second kappa shape index (κ2) is 9.74. The zero-order valence-electron chi connectivity index (χ0n) is 16.0. The van der Waals surface area contributed by atoms with Crippen LogP contribution in [0.25, 0.3) is 0 Å². The second-order valence-electron chi connectivity index (χ2n) is 6.71. The molecule has 0 radical (unpaired) electrons. The van der Waals surface area contributed by atoms with Crippen LogP contribution in [0, 0.1) is 12.8 Å². The summed E-state index contributed by atoms with van der Waals surface area (Å²) in [6, 6.07) is 1.43. The summed E-state index contributed by atoms with van der Waals surface area (Å²) in [5.41, 5.74) is 0.576. The van der Waals surface area contributed by atoms with Gasteiger partial charge in [-0.15, -0.1) is 0 Å². The molecule has 0 atom stereocenters. The Morgan fingerprint density at radius 3 is 2.50 bits per heavy atom. The normalized spacial score (nSPS) is 10.5. The van der Waals surface area contributed by atoms with E-state index < -0.39 is 12.1 Å². The number of nitrogens with zero attached hydrogens (tertiary/aromatic N) is 2. The third-order valence-electron chi connectivity index (χ3n) is 3.80. The van der Waals surface area contributed by atoms with Crippen molar-refractivity contribution in [2.24, 2.45) is 5.92 Å². The van der Waals surface area contributed by atoms with Crippen molar-refractivity contribution >= 4 is 18.0 Å². The average Bonchev–Trinajstić information content (AvgIpc) is 2.53. The fourth-order valence-electron chi connectivity index (χ4n) is 2.40. The minimum Gasteiger partial charge on any atom is -0.477 e. The van der Waals surface area contributed by atoms with Gasteiger partial charge in [0.15, 0.2) is 17.6 Å². The first kappa shape index (κ1) is 21.4. The first-order valence-electron chi connectivity index (χ1n) is 8.55. The van der Waals surface area contributed by atoms with E-state index >= 15 is 0 Å². The number of amides is 2. The van der Waals surface area contributed by atoms with Gasteiger partial charge in [-0.2, -0.15) is 4.57 Å². The van der Waals surface area contributed by atoms with Gasteiger partial charge in [-0.1, -0.05) is 13.8 Å². The van der Waals surface area contributed by atoms with Crippen LogP contribution >= 0.6 is 0 Å². The van der Waals surface area contributed by atoms with Gasteiger partial charge in [0.2, 0.25) is 6.54 Å². The van der Waals surface area contributed by atoms with Crippen molar-refractivity contribution in [1.29, 1.82) is 0 Å². The highest BCUT2D eigenvalue weighted by Crippen LogP contribution is 2.21. The summed E-state index contributed by atoms with van der Waals surface area (Å²) < 4.78 is 6.73. The smallest absolute Gasteiger partial charge is 0.412 e. The number of pyridine rings is 1. The van der Waals surface area contributed by atoms with Gasteiger partial charge in [0.05, 0.1) is 0 Å². The third kappa shape index (κ3) is 6.34. The Hall–Kier alpha value is -2.64. The molecule has 0 fully saturated rings. The molecular formula is C18H28N3O5+. The van der Waals surface area contributed by atoms with E-state index in [0.29, 0.717) is 18.2 Å². The molecule has 0 aromatic carbocycles. The Morgan fingerprint density at radius 2 is 1.96 bits per heavy atom. The summed E-state index contributed by atoms with van der Waals surface area (Å²) >= 11 is 0. The number of carbonyl (C=O) groups excluding carboxylic acids is 2. The van der Waals surface area contributed by atoms with Gasteiger partial charge < -0.3 is 20.1 Å².